The molecule has 3 rings (SSSR count). The van der Waals surface area contributed by atoms with Crippen LogP contribution in [-0.4, -0.2) is 80.1 Å². The first kappa shape index (κ1) is 23.8. The summed E-state index contributed by atoms with van der Waals surface area (Å²) >= 11 is 0. The van der Waals surface area contributed by atoms with Crippen LogP contribution in [0.3, 0.4) is 0 Å². The van der Waals surface area contributed by atoms with Gasteiger partial charge in [-0.3, -0.25) is 19.4 Å². The van der Waals surface area contributed by atoms with Gasteiger partial charge in [-0.15, -0.1) is 0 Å². The number of carbonyl (C=O) groups excluding carboxylic acids is 3. The predicted molar refractivity (Wildman–Crippen MR) is 120 cm³/mol. The molecular weight excluding hydrogens is 412 g/mol. The summed E-state index contributed by atoms with van der Waals surface area (Å²) < 4.78 is 10.5. The van der Waals surface area contributed by atoms with E-state index >= 15 is 0 Å². The van der Waals surface area contributed by atoms with Gasteiger partial charge < -0.3 is 20.1 Å². The van der Waals surface area contributed by atoms with E-state index in [9.17, 15) is 14.4 Å². The summed E-state index contributed by atoms with van der Waals surface area (Å²) in [5.74, 6) is 0.862. The highest BCUT2D eigenvalue weighted by Gasteiger charge is 2.37. The van der Waals surface area contributed by atoms with Gasteiger partial charge in [0.15, 0.2) is 11.5 Å². The maximum atomic E-state index is 12.7. The number of nitrogens with zero attached hydrogens (tertiary/aromatic N) is 2. The molecule has 0 bridgehead atoms. The van der Waals surface area contributed by atoms with E-state index in [0.29, 0.717) is 36.9 Å². The zero-order valence-electron chi connectivity index (χ0n) is 19.2. The molecule has 2 aliphatic heterocycles. The number of ether oxygens (including phenoxy) is 2. The van der Waals surface area contributed by atoms with E-state index in [1.807, 2.05) is 12.1 Å². The summed E-state index contributed by atoms with van der Waals surface area (Å²) in [4.78, 5) is 40.8. The van der Waals surface area contributed by atoms with Crippen LogP contribution in [0.1, 0.15) is 38.2 Å². The van der Waals surface area contributed by atoms with Crippen LogP contribution in [0, 0.1) is 0 Å². The minimum absolute atomic E-state index is 0.0845. The molecule has 2 aliphatic rings. The number of benzene rings is 1. The van der Waals surface area contributed by atoms with Crippen molar-refractivity contribution >= 4 is 17.8 Å². The highest BCUT2D eigenvalue weighted by atomic mass is 16.5. The lowest BCUT2D eigenvalue weighted by Gasteiger charge is -2.22. The number of amides is 4. The fourth-order valence-corrected chi connectivity index (χ4v) is 4.40. The average molecular weight is 447 g/mol. The van der Waals surface area contributed by atoms with Gasteiger partial charge in [-0.25, -0.2) is 4.79 Å². The van der Waals surface area contributed by atoms with Crippen molar-refractivity contribution in [2.75, 3.05) is 40.4 Å². The van der Waals surface area contributed by atoms with Gasteiger partial charge in [-0.1, -0.05) is 13.0 Å². The van der Waals surface area contributed by atoms with Crippen LogP contribution < -0.4 is 20.1 Å². The fraction of sp³-hybridized carbons (Fsp3) is 0.609. The van der Waals surface area contributed by atoms with E-state index in [4.69, 9.17) is 9.47 Å². The van der Waals surface area contributed by atoms with E-state index in [-0.39, 0.29) is 24.8 Å². The molecule has 4 amide bonds. The lowest BCUT2D eigenvalue weighted by molar-refractivity contribution is -0.127. The Hall–Kier alpha value is -2.81. The van der Waals surface area contributed by atoms with Crippen LogP contribution >= 0.6 is 0 Å². The molecule has 1 aromatic carbocycles. The van der Waals surface area contributed by atoms with Crippen LogP contribution in [0.5, 0.6) is 11.5 Å². The summed E-state index contributed by atoms with van der Waals surface area (Å²) in [5, 5.41) is 5.68. The zero-order chi connectivity index (χ0) is 23.1. The van der Waals surface area contributed by atoms with Gasteiger partial charge in [-0.2, -0.15) is 0 Å². The molecule has 32 heavy (non-hydrogen) atoms. The normalized spacial score (nSPS) is 21.0. The first-order valence-corrected chi connectivity index (χ1v) is 11.3. The molecule has 0 spiro atoms. The number of likely N-dealkylation sites (N-methyl/N-ethyl adjacent to an activating group) is 1. The highest BCUT2D eigenvalue weighted by molar-refractivity contribution is 6.04. The van der Waals surface area contributed by atoms with Gasteiger partial charge in [0.05, 0.1) is 14.2 Å². The quantitative estimate of drug-likeness (QED) is 0.500. The topological polar surface area (TPSA) is 100 Å². The lowest BCUT2D eigenvalue weighted by atomic mass is 10.1. The number of urea groups is 1. The monoisotopic (exact) mass is 446 g/mol. The van der Waals surface area contributed by atoms with E-state index in [1.54, 1.807) is 20.3 Å². The number of hydrogen-bond acceptors (Lipinski definition) is 6. The average Bonchev–Trinajstić information content (AvgIpc) is 3.37. The van der Waals surface area contributed by atoms with Crippen LogP contribution in [0.15, 0.2) is 18.2 Å². The van der Waals surface area contributed by atoms with Gasteiger partial charge in [0.25, 0.3) is 5.91 Å². The summed E-state index contributed by atoms with van der Waals surface area (Å²) in [6.45, 7) is 5.10. The van der Waals surface area contributed by atoms with Crippen molar-refractivity contribution in [3.8, 4) is 11.5 Å². The van der Waals surface area contributed by atoms with Crippen LogP contribution in [-0.2, 0) is 16.0 Å². The Kier molecular flexibility index (Phi) is 8.33. The van der Waals surface area contributed by atoms with Gasteiger partial charge in [0.2, 0.25) is 5.91 Å². The second-order valence-electron chi connectivity index (χ2n) is 8.20. The number of nitrogens with one attached hydrogen (secondary N) is 2. The number of imide groups is 1. The summed E-state index contributed by atoms with van der Waals surface area (Å²) in [5.41, 5.74) is 0.930. The SMILES string of the molecule is CCN1CCCC1CNC(=O)CCC1NC(=O)N(CCc2ccc(OC)c(OC)c2)C1=O. The second-order valence-corrected chi connectivity index (χ2v) is 8.20. The number of likely N-dealkylation sites (tertiary alicyclic amines) is 1. The van der Waals surface area contributed by atoms with Crippen molar-refractivity contribution in [3.63, 3.8) is 0 Å². The van der Waals surface area contributed by atoms with Crippen molar-refractivity contribution in [3.05, 3.63) is 23.8 Å². The number of carbonyl (C=O) groups is 3. The minimum Gasteiger partial charge on any atom is -0.493 e. The third-order valence-corrected chi connectivity index (χ3v) is 6.28. The smallest absolute Gasteiger partial charge is 0.324 e. The number of methoxy groups -OCH3 is 2. The number of rotatable bonds is 11. The Labute approximate surface area is 189 Å². The molecule has 2 fully saturated rings. The predicted octanol–water partition coefficient (Wildman–Crippen LogP) is 1.55. The molecule has 2 unspecified atom stereocenters. The summed E-state index contributed by atoms with van der Waals surface area (Å²) in [6.07, 6.45) is 3.27. The van der Waals surface area contributed by atoms with Crippen molar-refractivity contribution in [2.45, 2.75) is 51.1 Å². The van der Waals surface area contributed by atoms with Gasteiger partial charge in [0.1, 0.15) is 6.04 Å². The minimum atomic E-state index is -0.655. The Morgan fingerprint density at radius 3 is 2.72 bits per heavy atom. The molecule has 2 N–H and O–H groups in total. The molecule has 2 atom stereocenters. The molecular formula is C23H34N4O5. The lowest BCUT2D eigenvalue weighted by Crippen LogP contribution is -2.40. The summed E-state index contributed by atoms with van der Waals surface area (Å²) in [6, 6.07) is 4.84. The molecule has 0 saturated carbocycles. The van der Waals surface area contributed by atoms with Crippen molar-refractivity contribution in [1.82, 2.24) is 20.4 Å². The molecule has 0 aliphatic carbocycles. The Morgan fingerprint density at radius 2 is 2.00 bits per heavy atom. The van der Waals surface area contributed by atoms with Crippen molar-refractivity contribution in [1.29, 1.82) is 0 Å². The Bertz CT molecular complexity index is 831. The van der Waals surface area contributed by atoms with Crippen LogP contribution in [0.2, 0.25) is 0 Å². The molecule has 2 heterocycles. The van der Waals surface area contributed by atoms with Crippen molar-refractivity contribution in [2.24, 2.45) is 0 Å². The van der Waals surface area contributed by atoms with E-state index in [2.05, 4.69) is 22.5 Å². The van der Waals surface area contributed by atoms with Gasteiger partial charge >= 0.3 is 6.03 Å². The number of hydrogen-bond donors (Lipinski definition) is 2. The molecule has 9 heteroatoms. The third-order valence-electron chi connectivity index (χ3n) is 6.28. The zero-order valence-corrected chi connectivity index (χ0v) is 19.2. The van der Waals surface area contributed by atoms with E-state index in [0.717, 1.165) is 31.5 Å². The van der Waals surface area contributed by atoms with Crippen molar-refractivity contribution < 1.29 is 23.9 Å². The Balaban J connectivity index is 1.44. The molecule has 9 nitrogen and oxygen atoms in total. The second kappa shape index (κ2) is 11.2. The summed E-state index contributed by atoms with van der Waals surface area (Å²) in [7, 11) is 3.13. The molecule has 2 saturated heterocycles. The Morgan fingerprint density at radius 1 is 1.22 bits per heavy atom. The van der Waals surface area contributed by atoms with Crippen LogP contribution in [0.25, 0.3) is 0 Å². The van der Waals surface area contributed by atoms with E-state index in [1.165, 1.54) is 4.90 Å². The highest BCUT2D eigenvalue weighted by Crippen LogP contribution is 2.28. The maximum Gasteiger partial charge on any atom is 0.324 e. The third kappa shape index (κ3) is 5.70. The fourth-order valence-electron chi connectivity index (χ4n) is 4.40. The first-order valence-electron chi connectivity index (χ1n) is 11.3. The standard InChI is InChI=1S/C23H34N4O5/c1-4-26-12-5-6-17(26)15-24-21(28)10-8-18-22(29)27(23(30)25-18)13-11-16-7-9-19(31-2)20(14-16)32-3/h7,9,14,17-18H,4-6,8,10-13,15H2,1-3H3,(H,24,28)(H,25,30). The van der Waals surface area contributed by atoms with Crippen LogP contribution in [0.4, 0.5) is 4.79 Å². The first-order chi connectivity index (χ1) is 15.5. The van der Waals surface area contributed by atoms with Gasteiger partial charge in [-0.05, 0) is 56.5 Å². The molecule has 176 valence electrons. The van der Waals surface area contributed by atoms with Gasteiger partial charge in [0, 0.05) is 25.6 Å². The largest absolute Gasteiger partial charge is 0.493 e. The molecule has 0 aromatic heterocycles. The molecule has 0 radical (unpaired) electrons. The maximum absolute atomic E-state index is 12.7. The van der Waals surface area contributed by atoms with E-state index < -0.39 is 12.1 Å². The molecule has 1 aromatic rings.